The first-order valence-corrected chi connectivity index (χ1v) is 10.2. The number of rotatable bonds is 8. The van der Waals surface area contributed by atoms with Crippen LogP contribution in [0.4, 0.5) is 10.5 Å². The molecule has 0 aliphatic heterocycles. The van der Waals surface area contributed by atoms with Crippen molar-refractivity contribution in [1.29, 1.82) is 0 Å². The zero-order chi connectivity index (χ0) is 21.3. The van der Waals surface area contributed by atoms with Crippen molar-refractivity contribution in [3.05, 3.63) is 59.7 Å². The molecule has 6 nitrogen and oxygen atoms in total. The lowest BCUT2D eigenvalue weighted by Gasteiger charge is -2.24. The number of benzene rings is 2. The third-order valence-corrected chi connectivity index (χ3v) is 3.92. The zero-order valence-corrected chi connectivity index (χ0v) is 18.2. The van der Waals surface area contributed by atoms with E-state index in [1.54, 1.807) is 13.3 Å². The number of ether oxygens (including phenoxy) is 2. The fourth-order valence-electron chi connectivity index (χ4n) is 2.27. The van der Waals surface area contributed by atoms with Gasteiger partial charge in [-0.1, -0.05) is 36.4 Å². The average molecular weight is 418 g/mol. The SMILES string of the molecule is CSOOCOc1ccc(/C=C/c2ccc(N(C)C(=O)OC(C)(C)C)cc2)cc1. The Morgan fingerprint density at radius 1 is 1.00 bits per heavy atom. The molecular formula is C22H27NO5S. The Labute approximate surface area is 176 Å². The molecule has 0 N–H and O–H groups in total. The molecule has 0 spiro atoms. The Hall–Kier alpha value is -2.48. The Kier molecular flexibility index (Phi) is 8.57. The van der Waals surface area contributed by atoms with Crippen LogP contribution in [0.15, 0.2) is 48.5 Å². The van der Waals surface area contributed by atoms with Gasteiger partial charge in [-0.05, 0) is 56.2 Å². The van der Waals surface area contributed by atoms with Crippen LogP contribution in [0.25, 0.3) is 12.2 Å². The molecule has 0 saturated carbocycles. The molecule has 0 saturated heterocycles. The molecule has 2 aromatic rings. The maximum atomic E-state index is 12.1. The van der Waals surface area contributed by atoms with Crippen LogP contribution in [0, 0.1) is 0 Å². The van der Waals surface area contributed by atoms with Crippen molar-refractivity contribution in [3.8, 4) is 5.75 Å². The summed E-state index contributed by atoms with van der Waals surface area (Å²) in [7, 11) is 1.70. The first-order valence-electron chi connectivity index (χ1n) is 9.08. The standard InChI is InChI=1S/C22H27NO5S/c1-22(2,3)27-21(24)23(4)19-12-8-17(9-13-19)6-7-18-10-14-20(15-11-18)25-16-26-28-29-5/h6-15H,16H2,1-5H3/b7-6+. The highest BCUT2D eigenvalue weighted by atomic mass is 32.2. The fraction of sp³-hybridized carbons (Fsp3) is 0.318. The number of amides is 1. The molecule has 1 amide bonds. The van der Waals surface area contributed by atoms with E-state index in [9.17, 15) is 4.79 Å². The fourth-order valence-corrected chi connectivity index (χ4v) is 2.41. The third-order valence-electron chi connectivity index (χ3n) is 3.69. The van der Waals surface area contributed by atoms with Gasteiger partial charge in [-0.25, -0.2) is 4.79 Å². The van der Waals surface area contributed by atoms with Crippen molar-refractivity contribution < 1.29 is 23.5 Å². The van der Waals surface area contributed by atoms with Crippen LogP contribution < -0.4 is 9.64 Å². The van der Waals surface area contributed by atoms with Gasteiger partial charge >= 0.3 is 6.09 Å². The minimum atomic E-state index is -0.524. The number of nitrogens with zero attached hydrogens (tertiary/aromatic N) is 1. The van der Waals surface area contributed by atoms with Crippen LogP contribution in [0.3, 0.4) is 0 Å². The lowest BCUT2D eigenvalue weighted by molar-refractivity contribution is -0.232. The highest BCUT2D eigenvalue weighted by molar-refractivity contribution is 7.93. The maximum absolute atomic E-state index is 12.1. The van der Waals surface area contributed by atoms with Gasteiger partial charge in [-0.2, -0.15) is 9.22 Å². The third kappa shape index (κ3) is 8.19. The van der Waals surface area contributed by atoms with Gasteiger partial charge in [-0.3, -0.25) is 4.90 Å². The second kappa shape index (κ2) is 10.9. The maximum Gasteiger partial charge on any atom is 0.414 e. The average Bonchev–Trinajstić information content (AvgIpc) is 2.69. The van der Waals surface area contributed by atoms with Gasteiger partial charge in [0.2, 0.25) is 6.79 Å². The predicted molar refractivity (Wildman–Crippen MR) is 118 cm³/mol. The van der Waals surface area contributed by atoms with Crippen LogP contribution in [0.5, 0.6) is 5.75 Å². The normalized spacial score (nSPS) is 11.5. The van der Waals surface area contributed by atoms with E-state index in [1.165, 1.54) is 4.90 Å². The second-order valence-electron chi connectivity index (χ2n) is 7.15. The van der Waals surface area contributed by atoms with E-state index in [1.807, 2.05) is 81.5 Å². The Bertz CT molecular complexity index is 797. The van der Waals surface area contributed by atoms with Crippen LogP contribution in [0.2, 0.25) is 0 Å². The van der Waals surface area contributed by atoms with Crippen molar-refractivity contribution in [2.75, 3.05) is 25.0 Å². The highest BCUT2D eigenvalue weighted by Crippen LogP contribution is 2.19. The van der Waals surface area contributed by atoms with Gasteiger partial charge in [0, 0.05) is 31.0 Å². The summed E-state index contributed by atoms with van der Waals surface area (Å²) < 4.78 is 15.4. The Morgan fingerprint density at radius 3 is 2.07 bits per heavy atom. The van der Waals surface area contributed by atoms with Crippen LogP contribution in [-0.4, -0.2) is 31.8 Å². The van der Waals surface area contributed by atoms with Gasteiger partial charge in [0.1, 0.15) is 11.4 Å². The van der Waals surface area contributed by atoms with Crippen molar-refractivity contribution in [3.63, 3.8) is 0 Å². The van der Waals surface area contributed by atoms with Crippen molar-refractivity contribution in [1.82, 2.24) is 0 Å². The van der Waals surface area contributed by atoms with Crippen molar-refractivity contribution >= 4 is 36.0 Å². The Balaban J connectivity index is 1.92. The summed E-state index contributed by atoms with van der Waals surface area (Å²) in [6.07, 6.45) is 5.38. The van der Waals surface area contributed by atoms with Crippen molar-refractivity contribution in [2.45, 2.75) is 26.4 Å². The molecule has 0 heterocycles. The van der Waals surface area contributed by atoms with Crippen LogP contribution >= 0.6 is 12.0 Å². The topological polar surface area (TPSA) is 57.2 Å². The number of carbonyl (C=O) groups excluding carboxylic acids is 1. The van der Waals surface area contributed by atoms with E-state index < -0.39 is 5.60 Å². The molecule has 0 aliphatic carbocycles. The van der Waals surface area contributed by atoms with E-state index in [0.717, 1.165) is 28.9 Å². The molecule has 0 aromatic heterocycles. The molecule has 7 heteroatoms. The number of hydrogen-bond acceptors (Lipinski definition) is 6. The molecular weight excluding hydrogens is 390 g/mol. The summed E-state index contributed by atoms with van der Waals surface area (Å²) in [4.78, 5) is 18.4. The minimum Gasteiger partial charge on any atom is -0.465 e. The number of hydrogen-bond donors (Lipinski definition) is 0. The lowest BCUT2D eigenvalue weighted by atomic mass is 10.1. The first kappa shape index (κ1) is 22.8. The summed E-state index contributed by atoms with van der Waals surface area (Å²) in [5.74, 6) is 0.696. The molecule has 2 aromatic carbocycles. The largest absolute Gasteiger partial charge is 0.465 e. The summed E-state index contributed by atoms with van der Waals surface area (Å²) in [6, 6.07) is 15.3. The molecule has 0 aliphatic rings. The lowest BCUT2D eigenvalue weighted by Crippen LogP contribution is -2.34. The van der Waals surface area contributed by atoms with Gasteiger partial charge in [0.15, 0.2) is 0 Å². The summed E-state index contributed by atoms with van der Waals surface area (Å²) >= 11 is 1.11. The summed E-state index contributed by atoms with van der Waals surface area (Å²) in [5.41, 5.74) is 2.30. The highest BCUT2D eigenvalue weighted by Gasteiger charge is 2.20. The monoisotopic (exact) mass is 417 g/mol. The van der Waals surface area contributed by atoms with Crippen molar-refractivity contribution in [2.24, 2.45) is 0 Å². The molecule has 0 bridgehead atoms. The number of carbonyl (C=O) groups is 1. The Morgan fingerprint density at radius 2 is 1.55 bits per heavy atom. The molecule has 0 atom stereocenters. The van der Waals surface area contributed by atoms with Gasteiger partial charge in [0.05, 0.1) is 0 Å². The molecule has 0 unspecified atom stereocenters. The van der Waals surface area contributed by atoms with E-state index in [0.29, 0.717) is 5.75 Å². The van der Waals surface area contributed by atoms with Gasteiger partial charge in [-0.15, -0.1) is 0 Å². The first-order chi connectivity index (χ1) is 13.8. The van der Waals surface area contributed by atoms with Gasteiger partial charge < -0.3 is 9.47 Å². The minimum absolute atomic E-state index is 0.0279. The van der Waals surface area contributed by atoms with Crippen LogP contribution in [0.1, 0.15) is 31.9 Å². The molecule has 0 radical (unpaired) electrons. The molecule has 156 valence electrons. The van der Waals surface area contributed by atoms with Gasteiger partial charge in [0.25, 0.3) is 0 Å². The molecule has 29 heavy (non-hydrogen) atoms. The van der Waals surface area contributed by atoms with E-state index in [-0.39, 0.29) is 12.9 Å². The van der Waals surface area contributed by atoms with E-state index in [4.69, 9.17) is 14.4 Å². The number of anilines is 1. The van der Waals surface area contributed by atoms with E-state index >= 15 is 0 Å². The zero-order valence-electron chi connectivity index (χ0n) is 17.4. The predicted octanol–water partition coefficient (Wildman–Crippen LogP) is 5.79. The smallest absolute Gasteiger partial charge is 0.414 e. The molecule has 0 fully saturated rings. The summed E-state index contributed by atoms with van der Waals surface area (Å²) in [5, 5.41) is 0. The second-order valence-corrected chi connectivity index (χ2v) is 7.62. The summed E-state index contributed by atoms with van der Waals surface area (Å²) in [6.45, 7) is 5.57. The van der Waals surface area contributed by atoms with Crippen LogP contribution in [-0.2, 0) is 14.0 Å². The van der Waals surface area contributed by atoms with E-state index in [2.05, 4.69) is 4.33 Å². The molecule has 2 rings (SSSR count). The quantitative estimate of drug-likeness (QED) is 0.135.